The first-order valence-electron chi connectivity index (χ1n) is 5.93. The highest BCUT2D eigenvalue weighted by Gasteiger charge is 2.21. The Morgan fingerprint density at radius 2 is 2.41 bits per heavy atom. The van der Waals surface area contributed by atoms with Crippen molar-refractivity contribution in [2.24, 2.45) is 0 Å². The highest BCUT2D eigenvalue weighted by molar-refractivity contribution is 6.32. The van der Waals surface area contributed by atoms with E-state index in [1.807, 2.05) is 12.1 Å². The highest BCUT2D eigenvalue weighted by atomic mass is 35.5. The van der Waals surface area contributed by atoms with E-state index in [0.29, 0.717) is 16.6 Å². The summed E-state index contributed by atoms with van der Waals surface area (Å²) in [5.74, 6) is 0. The number of anilines is 1. The third kappa shape index (κ3) is 2.54. The Balaban J connectivity index is 2.25. The molecule has 1 aliphatic rings. The molecule has 1 aliphatic heterocycles. The second-order valence-corrected chi connectivity index (χ2v) is 4.62. The van der Waals surface area contributed by atoms with Gasteiger partial charge in [-0.25, -0.2) is 0 Å². The number of nitriles is 1. The van der Waals surface area contributed by atoms with Gasteiger partial charge in [-0.2, -0.15) is 5.26 Å². The van der Waals surface area contributed by atoms with Crippen LogP contribution in [0.1, 0.15) is 18.9 Å². The molecule has 1 aromatic carbocycles. The monoisotopic (exact) mass is 249 g/mol. The fourth-order valence-electron chi connectivity index (χ4n) is 2.33. The van der Waals surface area contributed by atoms with E-state index in [0.717, 1.165) is 31.7 Å². The topological polar surface area (TPSA) is 39.1 Å². The zero-order chi connectivity index (χ0) is 12.3. The van der Waals surface area contributed by atoms with Crippen LogP contribution in [0.2, 0.25) is 5.02 Å². The van der Waals surface area contributed by atoms with Crippen LogP contribution in [0.4, 0.5) is 5.69 Å². The summed E-state index contributed by atoms with van der Waals surface area (Å²) in [4.78, 5) is 2.34. The van der Waals surface area contributed by atoms with Gasteiger partial charge in [0.1, 0.15) is 6.07 Å². The lowest BCUT2D eigenvalue weighted by molar-refractivity contribution is 0.648. The molecule has 3 nitrogen and oxygen atoms in total. The second-order valence-electron chi connectivity index (χ2n) is 4.21. The third-order valence-electron chi connectivity index (χ3n) is 3.22. The number of halogens is 1. The number of nitrogens with one attached hydrogen (secondary N) is 1. The molecular formula is C13H16ClN3. The predicted octanol–water partition coefficient (Wildman–Crippen LogP) is 2.40. The Hall–Kier alpha value is -1.24. The summed E-state index contributed by atoms with van der Waals surface area (Å²) in [5, 5.41) is 12.8. The van der Waals surface area contributed by atoms with Crippen LogP contribution in [0.15, 0.2) is 18.2 Å². The van der Waals surface area contributed by atoms with E-state index >= 15 is 0 Å². The second kappa shape index (κ2) is 5.39. The smallest absolute Gasteiger partial charge is 0.101 e. The van der Waals surface area contributed by atoms with Crippen molar-refractivity contribution < 1.29 is 0 Å². The standard InChI is InChI=1S/C13H16ClN3/c1-2-17(12-5-6-16-9-12)11-4-3-10(8-15)13(14)7-11/h3-4,7,12,16H,2,5-6,9H2,1H3. The molecule has 1 atom stereocenters. The van der Waals surface area contributed by atoms with E-state index in [1.165, 1.54) is 0 Å². The van der Waals surface area contributed by atoms with Crippen molar-refractivity contribution in [1.29, 1.82) is 5.26 Å². The van der Waals surface area contributed by atoms with Gasteiger partial charge in [-0.15, -0.1) is 0 Å². The molecule has 1 heterocycles. The molecule has 0 aliphatic carbocycles. The van der Waals surface area contributed by atoms with E-state index in [2.05, 4.69) is 23.2 Å². The quantitative estimate of drug-likeness (QED) is 0.894. The maximum atomic E-state index is 8.86. The Kier molecular flexibility index (Phi) is 3.88. The van der Waals surface area contributed by atoms with E-state index in [4.69, 9.17) is 16.9 Å². The summed E-state index contributed by atoms with van der Waals surface area (Å²) in [6.07, 6.45) is 1.16. The molecule has 1 aromatic rings. The van der Waals surface area contributed by atoms with Crippen LogP contribution in [0, 0.1) is 11.3 Å². The minimum atomic E-state index is 0.531. The molecule has 0 amide bonds. The van der Waals surface area contributed by atoms with Gasteiger partial charge in [-0.05, 0) is 38.1 Å². The van der Waals surface area contributed by atoms with Gasteiger partial charge in [0.25, 0.3) is 0 Å². The Labute approximate surface area is 107 Å². The summed E-state index contributed by atoms with van der Waals surface area (Å²) in [6.45, 7) is 5.19. The first-order valence-corrected chi connectivity index (χ1v) is 6.31. The maximum Gasteiger partial charge on any atom is 0.101 e. The van der Waals surface area contributed by atoms with Crippen molar-refractivity contribution in [3.63, 3.8) is 0 Å². The van der Waals surface area contributed by atoms with Crippen molar-refractivity contribution in [3.8, 4) is 6.07 Å². The number of hydrogen-bond donors (Lipinski definition) is 1. The molecule has 0 radical (unpaired) electrons. The molecular weight excluding hydrogens is 234 g/mol. The van der Waals surface area contributed by atoms with Crippen LogP contribution in [-0.4, -0.2) is 25.7 Å². The first-order chi connectivity index (χ1) is 8.26. The lowest BCUT2D eigenvalue weighted by Crippen LogP contribution is -2.36. The number of rotatable bonds is 3. The van der Waals surface area contributed by atoms with Crippen molar-refractivity contribution >= 4 is 17.3 Å². The van der Waals surface area contributed by atoms with Crippen LogP contribution in [0.25, 0.3) is 0 Å². The highest BCUT2D eigenvalue weighted by Crippen LogP contribution is 2.25. The normalized spacial score (nSPS) is 19.0. The summed E-state index contributed by atoms with van der Waals surface area (Å²) in [5.41, 5.74) is 1.64. The van der Waals surface area contributed by atoms with Gasteiger partial charge in [0.05, 0.1) is 10.6 Å². The zero-order valence-corrected chi connectivity index (χ0v) is 10.7. The molecule has 4 heteroatoms. The van der Waals surface area contributed by atoms with E-state index in [1.54, 1.807) is 6.07 Å². The number of benzene rings is 1. The average molecular weight is 250 g/mol. The molecule has 1 saturated heterocycles. The molecule has 1 unspecified atom stereocenters. The number of likely N-dealkylation sites (N-methyl/N-ethyl adjacent to an activating group) is 1. The SMILES string of the molecule is CCN(c1ccc(C#N)c(Cl)c1)C1CCNC1. The lowest BCUT2D eigenvalue weighted by atomic mass is 10.1. The van der Waals surface area contributed by atoms with Crippen LogP contribution in [0.3, 0.4) is 0 Å². The number of hydrogen-bond acceptors (Lipinski definition) is 3. The van der Waals surface area contributed by atoms with Crippen molar-refractivity contribution in [3.05, 3.63) is 28.8 Å². The predicted molar refractivity (Wildman–Crippen MR) is 70.5 cm³/mol. The zero-order valence-electron chi connectivity index (χ0n) is 9.91. The van der Waals surface area contributed by atoms with Crippen LogP contribution in [0.5, 0.6) is 0 Å². The van der Waals surface area contributed by atoms with E-state index in [-0.39, 0.29) is 0 Å². The van der Waals surface area contributed by atoms with Crippen LogP contribution < -0.4 is 10.2 Å². The van der Waals surface area contributed by atoms with E-state index in [9.17, 15) is 0 Å². The third-order valence-corrected chi connectivity index (χ3v) is 3.53. The Morgan fingerprint density at radius 3 is 2.94 bits per heavy atom. The molecule has 0 bridgehead atoms. The van der Waals surface area contributed by atoms with Crippen molar-refractivity contribution in [1.82, 2.24) is 5.32 Å². The van der Waals surface area contributed by atoms with Gasteiger partial charge in [0, 0.05) is 24.8 Å². The molecule has 17 heavy (non-hydrogen) atoms. The summed E-state index contributed by atoms with van der Waals surface area (Å²) in [6, 6.07) is 8.28. The van der Waals surface area contributed by atoms with Crippen LogP contribution >= 0.6 is 11.6 Å². The van der Waals surface area contributed by atoms with Gasteiger partial charge in [0.15, 0.2) is 0 Å². The van der Waals surface area contributed by atoms with Crippen LogP contribution in [-0.2, 0) is 0 Å². The van der Waals surface area contributed by atoms with Gasteiger partial charge < -0.3 is 10.2 Å². The van der Waals surface area contributed by atoms with Crippen molar-refractivity contribution in [2.75, 3.05) is 24.5 Å². The van der Waals surface area contributed by atoms with Gasteiger partial charge >= 0.3 is 0 Å². The molecule has 0 spiro atoms. The molecule has 90 valence electrons. The van der Waals surface area contributed by atoms with Crippen molar-refractivity contribution in [2.45, 2.75) is 19.4 Å². The lowest BCUT2D eigenvalue weighted by Gasteiger charge is -2.29. The van der Waals surface area contributed by atoms with Gasteiger partial charge in [0.2, 0.25) is 0 Å². The fourth-order valence-corrected chi connectivity index (χ4v) is 2.55. The minimum Gasteiger partial charge on any atom is -0.367 e. The van der Waals surface area contributed by atoms with E-state index < -0.39 is 0 Å². The summed E-state index contributed by atoms with van der Waals surface area (Å²) >= 11 is 6.07. The van der Waals surface area contributed by atoms with Gasteiger partial charge in [-0.3, -0.25) is 0 Å². The maximum absolute atomic E-state index is 8.86. The van der Waals surface area contributed by atoms with Gasteiger partial charge in [-0.1, -0.05) is 11.6 Å². The number of nitrogens with zero attached hydrogens (tertiary/aromatic N) is 2. The first kappa shape index (κ1) is 12.2. The molecule has 1 N–H and O–H groups in total. The largest absolute Gasteiger partial charge is 0.367 e. The molecule has 2 rings (SSSR count). The summed E-state index contributed by atoms with van der Waals surface area (Å²) in [7, 11) is 0. The Bertz CT molecular complexity index is 433. The average Bonchev–Trinajstić information content (AvgIpc) is 2.84. The molecule has 1 fully saturated rings. The minimum absolute atomic E-state index is 0.531. The molecule has 0 aromatic heterocycles. The molecule has 0 saturated carbocycles. The fraction of sp³-hybridized carbons (Fsp3) is 0.462. The summed E-state index contributed by atoms with van der Waals surface area (Å²) < 4.78 is 0. The Morgan fingerprint density at radius 1 is 1.59 bits per heavy atom.